The first-order valence-electron chi connectivity index (χ1n) is 5.10. The number of hydrogen-bond donors (Lipinski definition) is 2. The second kappa shape index (κ2) is 4.61. The molecule has 2 rings (SSSR count). The highest BCUT2D eigenvalue weighted by Crippen LogP contribution is 2.16. The Kier molecular flexibility index (Phi) is 3.00. The normalized spacial score (nSPS) is 9.94. The topological polar surface area (TPSA) is 80.9 Å². The van der Waals surface area contributed by atoms with Crippen LogP contribution in [0.3, 0.4) is 0 Å². The summed E-state index contributed by atoms with van der Waals surface area (Å²) in [5, 5.41) is 2.71. The molecule has 0 atom stereocenters. The van der Waals surface area contributed by atoms with Gasteiger partial charge in [0, 0.05) is 11.3 Å². The molecule has 1 aromatic heterocycles. The van der Waals surface area contributed by atoms with Gasteiger partial charge in [-0.05, 0) is 24.6 Å². The molecule has 0 saturated carbocycles. The van der Waals surface area contributed by atoms with Crippen molar-refractivity contribution in [3.63, 3.8) is 0 Å². The summed E-state index contributed by atoms with van der Waals surface area (Å²) in [4.78, 5) is 19.6. The van der Waals surface area contributed by atoms with E-state index in [4.69, 9.17) is 5.73 Å². The van der Waals surface area contributed by atoms with Gasteiger partial charge in [-0.15, -0.1) is 0 Å². The number of rotatable bonds is 2. The number of aromatic nitrogens is 2. The van der Waals surface area contributed by atoms with Gasteiger partial charge in [0.05, 0.1) is 18.1 Å². The van der Waals surface area contributed by atoms with Crippen molar-refractivity contribution < 1.29 is 4.79 Å². The van der Waals surface area contributed by atoms with Crippen LogP contribution in [0.2, 0.25) is 0 Å². The van der Waals surface area contributed by atoms with E-state index in [1.165, 1.54) is 18.7 Å². The van der Waals surface area contributed by atoms with E-state index >= 15 is 0 Å². The molecule has 1 heterocycles. The molecule has 17 heavy (non-hydrogen) atoms. The fraction of sp³-hybridized carbons (Fsp3) is 0.0833. The maximum Gasteiger partial charge on any atom is 0.256 e. The average Bonchev–Trinajstić information content (AvgIpc) is 2.34. The number of carbonyl (C=O) groups is 1. The van der Waals surface area contributed by atoms with Crippen LogP contribution < -0.4 is 11.1 Å². The van der Waals surface area contributed by atoms with Gasteiger partial charge in [0.2, 0.25) is 0 Å². The number of nitrogens with one attached hydrogen (secondary N) is 1. The van der Waals surface area contributed by atoms with E-state index in [0.29, 0.717) is 16.9 Å². The predicted molar refractivity (Wildman–Crippen MR) is 65.6 cm³/mol. The zero-order valence-corrected chi connectivity index (χ0v) is 9.34. The van der Waals surface area contributed by atoms with Gasteiger partial charge in [0.1, 0.15) is 6.33 Å². The molecule has 0 unspecified atom stereocenters. The van der Waals surface area contributed by atoms with Gasteiger partial charge < -0.3 is 11.1 Å². The van der Waals surface area contributed by atoms with Crippen molar-refractivity contribution in [2.24, 2.45) is 0 Å². The third-order valence-electron chi connectivity index (χ3n) is 2.44. The summed E-state index contributed by atoms with van der Waals surface area (Å²) < 4.78 is 0. The Balaban J connectivity index is 2.24. The van der Waals surface area contributed by atoms with Crippen LogP contribution in [-0.2, 0) is 0 Å². The maximum absolute atomic E-state index is 12.0. The van der Waals surface area contributed by atoms with Gasteiger partial charge in [-0.25, -0.2) is 9.97 Å². The highest BCUT2D eigenvalue weighted by molar-refractivity contribution is 6.05. The van der Waals surface area contributed by atoms with Crippen LogP contribution in [0.15, 0.2) is 36.9 Å². The molecule has 0 fully saturated rings. The van der Waals surface area contributed by atoms with Crippen molar-refractivity contribution in [2.75, 3.05) is 11.1 Å². The first-order valence-corrected chi connectivity index (χ1v) is 5.10. The lowest BCUT2D eigenvalue weighted by atomic mass is 10.1. The molecule has 1 aromatic carbocycles. The van der Waals surface area contributed by atoms with E-state index in [9.17, 15) is 4.79 Å². The standard InChI is InChI=1S/C12H12N4O/c1-8-10(3-2-4-11(8)13)12(17)16-9-5-14-7-15-6-9/h2-7H,13H2,1H3,(H,16,17). The number of nitrogens with two attached hydrogens (primary N) is 1. The Labute approximate surface area is 98.7 Å². The smallest absolute Gasteiger partial charge is 0.256 e. The molecule has 0 bridgehead atoms. The van der Waals surface area contributed by atoms with Gasteiger partial charge in [-0.1, -0.05) is 6.07 Å². The third-order valence-corrected chi connectivity index (χ3v) is 2.44. The molecular weight excluding hydrogens is 216 g/mol. The number of amides is 1. The molecule has 0 saturated heterocycles. The lowest BCUT2D eigenvalue weighted by Gasteiger charge is -2.08. The lowest BCUT2D eigenvalue weighted by Crippen LogP contribution is -2.14. The number of benzene rings is 1. The highest BCUT2D eigenvalue weighted by Gasteiger charge is 2.10. The summed E-state index contributed by atoms with van der Waals surface area (Å²) in [7, 11) is 0. The number of carbonyl (C=O) groups excluding carboxylic acids is 1. The molecule has 0 aliphatic carbocycles. The first kappa shape index (κ1) is 11.1. The van der Waals surface area contributed by atoms with Crippen LogP contribution in [0.5, 0.6) is 0 Å². The van der Waals surface area contributed by atoms with Crippen molar-refractivity contribution in [2.45, 2.75) is 6.92 Å². The third kappa shape index (κ3) is 2.39. The lowest BCUT2D eigenvalue weighted by molar-refractivity contribution is 0.102. The van der Waals surface area contributed by atoms with Crippen LogP contribution in [-0.4, -0.2) is 15.9 Å². The van der Waals surface area contributed by atoms with Crippen molar-refractivity contribution in [1.29, 1.82) is 0 Å². The van der Waals surface area contributed by atoms with E-state index < -0.39 is 0 Å². The Morgan fingerprint density at radius 2 is 2.00 bits per heavy atom. The van der Waals surface area contributed by atoms with Crippen molar-refractivity contribution in [3.8, 4) is 0 Å². The van der Waals surface area contributed by atoms with Crippen molar-refractivity contribution >= 4 is 17.3 Å². The Morgan fingerprint density at radius 3 is 2.71 bits per heavy atom. The van der Waals surface area contributed by atoms with Gasteiger partial charge in [-0.2, -0.15) is 0 Å². The molecule has 0 spiro atoms. The van der Waals surface area contributed by atoms with Crippen molar-refractivity contribution in [3.05, 3.63) is 48.0 Å². The Morgan fingerprint density at radius 1 is 1.29 bits per heavy atom. The zero-order valence-electron chi connectivity index (χ0n) is 9.34. The molecule has 0 aliphatic rings. The van der Waals surface area contributed by atoms with Gasteiger partial charge in [0.15, 0.2) is 0 Å². The minimum atomic E-state index is -0.218. The summed E-state index contributed by atoms with van der Waals surface area (Å²) in [5.74, 6) is -0.218. The molecule has 5 heteroatoms. The first-order chi connectivity index (χ1) is 8.18. The van der Waals surface area contributed by atoms with E-state index in [1.54, 1.807) is 18.2 Å². The SMILES string of the molecule is Cc1c(N)cccc1C(=O)Nc1cncnc1. The van der Waals surface area contributed by atoms with Crippen LogP contribution in [0.25, 0.3) is 0 Å². The van der Waals surface area contributed by atoms with Gasteiger partial charge in [-0.3, -0.25) is 4.79 Å². The van der Waals surface area contributed by atoms with Crippen molar-refractivity contribution in [1.82, 2.24) is 9.97 Å². The summed E-state index contributed by atoms with van der Waals surface area (Å²) in [6.07, 6.45) is 4.47. The summed E-state index contributed by atoms with van der Waals surface area (Å²) in [5.41, 5.74) is 8.22. The molecular formula is C12H12N4O. The summed E-state index contributed by atoms with van der Waals surface area (Å²) >= 11 is 0. The van der Waals surface area contributed by atoms with Crippen LogP contribution in [0, 0.1) is 6.92 Å². The Bertz CT molecular complexity index is 539. The molecule has 0 radical (unpaired) electrons. The highest BCUT2D eigenvalue weighted by atomic mass is 16.1. The van der Waals surface area contributed by atoms with E-state index in [1.807, 2.05) is 6.92 Å². The molecule has 1 amide bonds. The number of hydrogen-bond acceptors (Lipinski definition) is 4. The second-order valence-electron chi connectivity index (χ2n) is 3.60. The van der Waals surface area contributed by atoms with Gasteiger partial charge >= 0.3 is 0 Å². The van der Waals surface area contributed by atoms with E-state index in [-0.39, 0.29) is 5.91 Å². The predicted octanol–water partition coefficient (Wildman–Crippen LogP) is 1.62. The summed E-state index contributed by atoms with van der Waals surface area (Å²) in [6.45, 7) is 1.81. The van der Waals surface area contributed by atoms with E-state index in [2.05, 4.69) is 15.3 Å². The maximum atomic E-state index is 12.0. The minimum Gasteiger partial charge on any atom is -0.398 e. The number of nitrogen functional groups attached to an aromatic ring is 1. The average molecular weight is 228 g/mol. The van der Waals surface area contributed by atoms with Crippen LogP contribution >= 0.6 is 0 Å². The molecule has 5 nitrogen and oxygen atoms in total. The fourth-order valence-corrected chi connectivity index (χ4v) is 1.46. The van der Waals surface area contributed by atoms with Gasteiger partial charge in [0.25, 0.3) is 5.91 Å². The van der Waals surface area contributed by atoms with Crippen LogP contribution in [0.4, 0.5) is 11.4 Å². The summed E-state index contributed by atoms with van der Waals surface area (Å²) in [6, 6.07) is 5.24. The Hall–Kier alpha value is -2.43. The molecule has 2 aromatic rings. The minimum absolute atomic E-state index is 0.218. The van der Waals surface area contributed by atoms with E-state index in [0.717, 1.165) is 5.56 Å². The number of nitrogens with zero attached hydrogens (tertiary/aromatic N) is 2. The van der Waals surface area contributed by atoms with Crippen LogP contribution in [0.1, 0.15) is 15.9 Å². The molecule has 86 valence electrons. The zero-order chi connectivity index (χ0) is 12.3. The molecule has 0 aliphatic heterocycles. The largest absolute Gasteiger partial charge is 0.398 e. The second-order valence-corrected chi connectivity index (χ2v) is 3.60. The monoisotopic (exact) mass is 228 g/mol. The molecule has 3 N–H and O–H groups in total. The fourth-order valence-electron chi connectivity index (χ4n) is 1.46. The number of anilines is 2. The quantitative estimate of drug-likeness (QED) is 0.765.